The quantitative estimate of drug-likeness (QED) is 0.763. The van der Waals surface area contributed by atoms with E-state index in [1.165, 1.54) is 17.7 Å². The van der Waals surface area contributed by atoms with E-state index in [1.54, 1.807) is 18.3 Å². The van der Waals surface area contributed by atoms with Gasteiger partial charge in [-0.1, -0.05) is 25.1 Å². The summed E-state index contributed by atoms with van der Waals surface area (Å²) in [5, 5.41) is 0. The largest absolute Gasteiger partial charge is 0.467 e. The second-order valence-corrected chi connectivity index (χ2v) is 7.26. The first-order valence-corrected chi connectivity index (χ1v) is 9.39. The number of hydrogen-bond acceptors (Lipinski definition) is 5. The van der Waals surface area contributed by atoms with E-state index in [0.717, 1.165) is 5.57 Å². The normalized spacial score (nSPS) is 21.2. The lowest BCUT2D eigenvalue weighted by Gasteiger charge is -2.28. The third-order valence-electron chi connectivity index (χ3n) is 5.57. The van der Waals surface area contributed by atoms with Crippen LogP contribution in [0, 0.1) is 5.82 Å². The highest BCUT2D eigenvalue weighted by atomic mass is 19.1. The zero-order valence-electron chi connectivity index (χ0n) is 15.9. The third-order valence-corrected chi connectivity index (χ3v) is 5.57. The number of benzene rings is 1. The van der Waals surface area contributed by atoms with Crippen molar-refractivity contribution in [3.05, 3.63) is 64.1 Å². The summed E-state index contributed by atoms with van der Waals surface area (Å²) in [6.45, 7) is 3.06. The van der Waals surface area contributed by atoms with E-state index in [-0.39, 0.29) is 17.3 Å². The molecule has 2 aliphatic heterocycles. The highest BCUT2D eigenvalue weighted by Crippen LogP contribution is 2.34. The highest BCUT2D eigenvalue weighted by molar-refractivity contribution is 5.75. The summed E-state index contributed by atoms with van der Waals surface area (Å²) in [4.78, 5) is 31.7. The average molecular weight is 383 g/mol. The number of anilines is 1. The maximum absolute atomic E-state index is 14.0. The maximum atomic E-state index is 14.0. The number of ether oxygens (including phenoxy) is 1. The standard InChI is InChI=1S/C21H22FN3O3/c1-13-11-18(21(27)28-2)25-19(13)23-12-15(20(25)26)14-7-9-24(10-8-14)17-6-4-3-5-16(17)22/h3-7,12-13,18H,8-11H2,1-2H3/t13-,18+/m1/s1. The fraction of sp³-hybridized carbons (Fsp3) is 0.381. The molecular weight excluding hydrogens is 361 g/mol. The summed E-state index contributed by atoms with van der Waals surface area (Å²) >= 11 is 0. The molecular formula is C21H22FN3O3. The molecule has 0 saturated heterocycles. The molecule has 0 spiro atoms. The van der Waals surface area contributed by atoms with Crippen molar-refractivity contribution < 1.29 is 13.9 Å². The number of para-hydroxylation sites is 1. The number of esters is 1. The fourth-order valence-corrected chi connectivity index (χ4v) is 4.09. The number of carbonyl (C=O) groups is 1. The minimum absolute atomic E-state index is 0.0164. The van der Waals surface area contributed by atoms with Gasteiger partial charge in [0.1, 0.15) is 17.7 Å². The van der Waals surface area contributed by atoms with Gasteiger partial charge in [-0.25, -0.2) is 14.2 Å². The number of fused-ring (bicyclic) bond motifs is 1. The molecule has 0 aliphatic carbocycles. The van der Waals surface area contributed by atoms with Gasteiger partial charge < -0.3 is 9.64 Å². The van der Waals surface area contributed by atoms with Crippen LogP contribution in [-0.2, 0) is 9.53 Å². The van der Waals surface area contributed by atoms with Crippen LogP contribution in [0.2, 0.25) is 0 Å². The number of carbonyl (C=O) groups excluding carboxylic acids is 1. The monoisotopic (exact) mass is 383 g/mol. The number of rotatable bonds is 3. The maximum Gasteiger partial charge on any atom is 0.329 e. The molecule has 3 heterocycles. The van der Waals surface area contributed by atoms with Gasteiger partial charge in [-0.15, -0.1) is 0 Å². The second-order valence-electron chi connectivity index (χ2n) is 7.26. The Morgan fingerprint density at radius 1 is 1.32 bits per heavy atom. The zero-order valence-corrected chi connectivity index (χ0v) is 15.9. The topological polar surface area (TPSA) is 64.4 Å². The Morgan fingerprint density at radius 3 is 2.79 bits per heavy atom. The minimum Gasteiger partial charge on any atom is -0.467 e. The fourth-order valence-electron chi connectivity index (χ4n) is 4.09. The summed E-state index contributed by atoms with van der Waals surface area (Å²) in [7, 11) is 1.33. The van der Waals surface area contributed by atoms with Gasteiger partial charge in [0.15, 0.2) is 0 Å². The summed E-state index contributed by atoms with van der Waals surface area (Å²) in [5.74, 6) is -0.0419. The van der Waals surface area contributed by atoms with Crippen LogP contribution in [-0.4, -0.2) is 35.7 Å². The zero-order chi connectivity index (χ0) is 19.8. The molecule has 146 valence electrons. The van der Waals surface area contributed by atoms with E-state index < -0.39 is 12.0 Å². The Morgan fingerprint density at radius 2 is 2.11 bits per heavy atom. The predicted octanol–water partition coefficient (Wildman–Crippen LogP) is 2.90. The number of nitrogens with zero attached hydrogens (tertiary/aromatic N) is 3. The molecule has 2 aromatic rings. The molecule has 7 heteroatoms. The van der Waals surface area contributed by atoms with Crippen molar-refractivity contribution in [1.29, 1.82) is 0 Å². The molecule has 1 aromatic heterocycles. The lowest BCUT2D eigenvalue weighted by atomic mass is 10.0. The van der Waals surface area contributed by atoms with E-state index in [9.17, 15) is 14.0 Å². The number of methoxy groups -OCH3 is 1. The summed E-state index contributed by atoms with van der Waals surface area (Å²) in [5.41, 5.74) is 1.72. The average Bonchev–Trinajstić information content (AvgIpc) is 3.06. The smallest absolute Gasteiger partial charge is 0.329 e. The Kier molecular flexibility index (Phi) is 4.75. The molecule has 0 amide bonds. The van der Waals surface area contributed by atoms with Crippen molar-refractivity contribution in [2.75, 3.05) is 25.1 Å². The molecule has 0 unspecified atom stereocenters. The first kappa shape index (κ1) is 18.4. The van der Waals surface area contributed by atoms with Gasteiger partial charge in [0.05, 0.1) is 18.4 Å². The van der Waals surface area contributed by atoms with E-state index >= 15 is 0 Å². The van der Waals surface area contributed by atoms with Gasteiger partial charge in [0, 0.05) is 25.2 Å². The molecule has 0 radical (unpaired) electrons. The van der Waals surface area contributed by atoms with Crippen molar-refractivity contribution in [3.63, 3.8) is 0 Å². The first-order valence-electron chi connectivity index (χ1n) is 9.39. The van der Waals surface area contributed by atoms with E-state index in [2.05, 4.69) is 4.98 Å². The van der Waals surface area contributed by atoms with Gasteiger partial charge in [-0.2, -0.15) is 0 Å². The third kappa shape index (κ3) is 3.00. The lowest BCUT2D eigenvalue weighted by molar-refractivity contribution is -0.144. The van der Waals surface area contributed by atoms with E-state index in [4.69, 9.17) is 4.74 Å². The van der Waals surface area contributed by atoms with Gasteiger partial charge in [0.2, 0.25) is 0 Å². The molecule has 28 heavy (non-hydrogen) atoms. The predicted molar refractivity (Wildman–Crippen MR) is 104 cm³/mol. The minimum atomic E-state index is -0.631. The lowest BCUT2D eigenvalue weighted by Crippen LogP contribution is -2.33. The molecule has 0 bridgehead atoms. The first-order chi connectivity index (χ1) is 13.5. The molecule has 0 fully saturated rings. The van der Waals surface area contributed by atoms with Crippen LogP contribution < -0.4 is 10.5 Å². The van der Waals surface area contributed by atoms with Crippen molar-refractivity contribution in [1.82, 2.24) is 9.55 Å². The van der Waals surface area contributed by atoms with Crippen LogP contribution in [0.25, 0.3) is 5.57 Å². The van der Waals surface area contributed by atoms with Gasteiger partial charge in [-0.3, -0.25) is 9.36 Å². The van der Waals surface area contributed by atoms with Crippen LogP contribution in [0.4, 0.5) is 10.1 Å². The van der Waals surface area contributed by atoms with Crippen molar-refractivity contribution in [2.24, 2.45) is 0 Å². The summed E-state index contributed by atoms with van der Waals surface area (Å²) in [6, 6.07) is 6.04. The van der Waals surface area contributed by atoms with Gasteiger partial charge >= 0.3 is 5.97 Å². The molecule has 2 aliphatic rings. The van der Waals surface area contributed by atoms with Crippen molar-refractivity contribution >= 4 is 17.2 Å². The molecule has 2 atom stereocenters. The van der Waals surface area contributed by atoms with Gasteiger partial charge in [0.25, 0.3) is 5.56 Å². The van der Waals surface area contributed by atoms with Crippen LogP contribution in [0.3, 0.4) is 0 Å². The highest BCUT2D eigenvalue weighted by Gasteiger charge is 2.36. The Bertz CT molecular complexity index is 1010. The van der Waals surface area contributed by atoms with Gasteiger partial charge in [-0.05, 0) is 30.5 Å². The summed E-state index contributed by atoms with van der Waals surface area (Å²) in [6.07, 6.45) is 4.66. The number of hydrogen-bond donors (Lipinski definition) is 0. The number of halogens is 1. The van der Waals surface area contributed by atoms with Crippen LogP contribution in [0.5, 0.6) is 0 Å². The second kappa shape index (κ2) is 7.22. The van der Waals surface area contributed by atoms with Crippen molar-refractivity contribution in [2.45, 2.75) is 31.7 Å². The molecule has 6 nitrogen and oxygen atoms in total. The Balaban J connectivity index is 1.66. The van der Waals surface area contributed by atoms with Crippen LogP contribution in [0.1, 0.15) is 43.1 Å². The molecule has 4 rings (SSSR count). The Labute approximate surface area is 162 Å². The van der Waals surface area contributed by atoms with E-state index in [0.29, 0.717) is 43.0 Å². The van der Waals surface area contributed by atoms with Crippen molar-refractivity contribution in [3.8, 4) is 0 Å². The summed E-state index contributed by atoms with van der Waals surface area (Å²) < 4.78 is 20.4. The Hall–Kier alpha value is -2.96. The number of aromatic nitrogens is 2. The van der Waals surface area contributed by atoms with E-state index in [1.807, 2.05) is 24.0 Å². The molecule has 0 N–H and O–H groups in total. The molecule has 0 saturated carbocycles. The van der Waals surface area contributed by atoms with Crippen LogP contribution >= 0.6 is 0 Å². The van der Waals surface area contributed by atoms with Crippen LogP contribution in [0.15, 0.2) is 41.3 Å². The SMILES string of the molecule is COC(=O)[C@@H]1C[C@@H](C)c2ncc(C3=CCN(c4ccccc4F)CC3)c(=O)n21. The molecule has 1 aromatic carbocycles.